The van der Waals surface area contributed by atoms with Crippen LogP contribution in [0.2, 0.25) is 0 Å². The normalized spacial score (nSPS) is 13.3. The van der Waals surface area contributed by atoms with E-state index in [0.717, 1.165) is 4.31 Å². The van der Waals surface area contributed by atoms with Gasteiger partial charge in [0, 0.05) is 12.6 Å². The van der Waals surface area contributed by atoms with Gasteiger partial charge in [-0.25, -0.2) is 8.42 Å². The van der Waals surface area contributed by atoms with Crippen molar-refractivity contribution in [1.82, 2.24) is 4.31 Å². The predicted molar refractivity (Wildman–Crippen MR) is 69.1 cm³/mol. The number of carbonyl (C=O) groups excluding carboxylic acids is 1. The van der Waals surface area contributed by atoms with Gasteiger partial charge in [0.05, 0.1) is 25.2 Å². The first kappa shape index (κ1) is 17.8. The highest BCUT2D eigenvalue weighted by atomic mass is 32.2. The first-order valence-electron chi connectivity index (χ1n) is 6.11. The van der Waals surface area contributed by atoms with Crippen molar-refractivity contribution >= 4 is 22.0 Å². The van der Waals surface area contributed by atoms with Crippen molar-refractivity contribution in [2.24, 2.45) is 0 Å². The van der Waals surface area contributed by atoms with Crippen molar-refractivity contribution in [3.8, 4) is 0 Å². The van der Waals surface area contributed by atoms with E-state index in [1.54, 1.807) is 13.8 Å². The van der Waals surface area contributed by atoms with Gasteiger partial charge in [0.25, 0.3) is 0 Å². The minimum absolute atomic E-state index is 0.166. The molecule has 7 nitrogen and oxygen atoms in total. The molecule has 0 fully saturated rings. The van der Waals surface area contributed by atoms with Gasteiger partial charge in [0.15, 0.2) is 0 Å². The second-order valence-electron chi connectivity index (χ2n) is 4.02. The zero-order chi connectivity index (χ0) is 15.1. The second kappa shape index (κ2) is 8.11. The van der Waals surface area contributed by atoms with Crippen molar-refractivity contribution in [1.29, 1.82) is 0 Å². The largest absolute Gasteiger partial charge is 0.481 e. The van der Waals surface area contributed by atoms with Gasteiger partial charge in [0.2, 0.25) is 10.0 Å². The minimum Gasteiger partial charge on any atom is -0.481 e. The SMILES string of the molecule is CCOC(=O)CCS(=O)(=O)N(CC)C(C)CC(=O)O. The van der Waals surface area contributed by atoms with E-state index in [1.807, 2.05) is 0 Å². The molecule has 0 aliphatic heterocycles. The Morgan fingerprint density at radius 1 is 1.32 bits per heavy atom. The third kappa shape index (κ3) is 6.53. The lowest BCUT2D eigenvalue weighted by Crippen LogP contribution is -2.41. The van der Waals surface area contributed by atoms with Crippen LogP contribution < -0.4 is 0 Å². The van der Waals surface area contributed by atoms with Crippen LogP contribution in [0.15, 0.2) is 0 Å². The van der Waals surface area contributed by atoms with E-state index in [1.165, 1.54) is 6.92 Å². The molecule has 0 radical (unpaired) electrons. The molecule has 0 aliphatic carbocycles. The maximum Gasteiger partial charge on any atom is 0.306 e. The van der Waals surface area contributed by atoms with E-state index in [-0.39, 0.29) is 31.7 Å². The zero-order valence-corrected chi connectivity index (χ0v) is 12.3. The van der Waals surface area contributed by atoms with Crippen LogP contribution in [-0.4, -0.2) is 54.7 Å². The molecular formula is C11H21NO6S. The van der Waals surface area contributed by atoms with Gasteiger partial charge in [-0.05, 0) is 13.8 Å². The molecule has 112 valence electrons. The Labute approximate surface area is 113 Å². The summed E-state index contributed by atoms with van der Waals surface area (Å²) in [4.78, 5) is 21.8. The number of esters is 1. The van der Waals surface area contributed by atoms with E-state index in [4.69, 9.17) is 5.11 Å². The summed E-state index contributed by atoms with van der Waals surface area (Å²) in [5, 5.41) is 8.69. The maximum absolute atomic E-state index is 12.0. The van der Waals surface area contributed by atoms with Gasteiger partial charge in [0.1, 0.15) is 0 Å². The van der Waals surface area contributed by atoms with Crippen LogP contribution in [0.25, 0.3) is 0 Å². The monoisotopic (exact) mass is 295 g/mol. The van der Waals surface area contributed by atoms with E-state index in [2.05, 4.69) is 4.74 Å². The second-order valence-corrected chi connectivity index (χ2v) is 6.06. The van der Waals surface area contributed by atoms with Crippen LogP contribution in [0.1, 0.15) is 33.6 Å². The summed E-state index contributed by atoms with van der Waals surface area (Å²) in [6.45, 7) is 5.16. The average molecular weight is 295 g/mol. The number of carbonyl (C=O) groups is 2. The Morgan fingerprint density at radius 3 is 2.32 bits per heavy atom. The lowest BCUT2D eigenvalue weighted by molar-refractivity contribution is -0.142. The highest BCUT2D eigenvalue weighted by Gasteiger charge is 2.27. The summed E-state index contributed by atoms with van der Waals surface area (Å²) in [7, 11) is -3.66. The Bertz CT molecular complexity index is 405. The lowest BCUT2D eigenvalue weighted by atomic mass is 10.2. The highest BCUT2D eigenvalue weighted by molar-refractivity contribution is 7.89. The van der Waals surface area contributed by atoms with E-state index in [9.17, 15) is 18.0 Å². The molecule has 19 heavy (non-hydrogen) atoms. The summed E-state index contributed by atoms with van der Waals surface area (Å²) in [6.07, 6.45) is -0.501. The van der Waals surface area contributed by atoms with Crippen molar-refractivity contribution in [3.05, 3.63) is 0 Å². The Morgan fingerprint density at radius 2 is 1.89 bits per heavy atom. The van der Waals surface area contributed by atoms with Gasteiger partial charge in [-0.2, -0.15) is 4.31 Å². The Hall–Kier alpha value is -1.15. The summed E-state index contributed by atoms with van der Waals surface area (Å²) < 4.78 is 29.8. The summed E-state index contributed by atoms with van der Waals surface area (Å²) >= 11 is 0. The first-order valence-corrected chi connectivity index (χ1v) is 7.72. The van der Waals surface area contributed by atoms with Crippen molar-refractivity contribution in [3.63, 3.8) is 0 Å². The number of aliphatic carboxylic acids is 1. The van der Waals surface area contributed by atoms with Gasteiger partial charge < -0.3 is 9.84 Å². The summed E-state index contributed by atoms with van der Waals surface area (Å²) in [5.74, 6) is -2.01. The predicted octanol–water partition coefficient (Wildman–Crippen LogP) is 0.455. The molecule has 1 atom stereocenters. The third-order valence-electron chi connectivity index (χ3n) is 2.50. The van der Waals surface area contributed by atoms with E-state index < -0.39 is 28.0 Å². The molecule has 0 saturated carbocycles. The van der Waals surface area contributed by atoms with Crippen LogP contribution in [0.4, 0.5) is 0 Å². The Kier molecular flexibility index (Phi) is 7.62. The fraction of sp³-hybridized carbons (Fsp3) is 0.818. The number of carboxylic acid groups (broad SMARTS) is 1. The Balaban J connectivity index is 4.65. The van der Waals surface area contributed by atoms with Crippen molar-refractivity contribution in [2.75, 3.05) is 18.9 Å². The molecule has 0 saturated heterocycles. The molecule has 0 amide bonds. The number of hydrogen-bond acceptors (Lipinski definition) is 5. The number of rotatable bonds is 9. The molecule has 0 aromatic rings. The molecule has 0 rings (SSSR count). The van der Waals surface area contributed by atoms with Crippen molar-refractivity contribution in [2.45, 2.75) is 39.7 Å². The first-order chi connectivity index (χ1) is 8.74. The molecule has 0 heterocycles. The maximum atomic E-state index is 12.0. The third-order valence-corrected chi connectivity index (χ3v) is 4.55. The van der Waals surface area contributed by atoms with E-state index in [0.29, 0.717) is 0 Å². The van der Waals surface area contributed by atoms with Crippen LogP contribution in [0.3, 0.4) is 0 Å². The zero-order valence-electron chi connectivity index (χ0n) is 11.5. The molecule has 0 bridgehead atoms. The number of hydrogen-bond donors (Lipinski definition) is 1. The van der Waals surface area contributed by atoms with Crippen LogP contribution in [-0.2, 0) is 24.3 Å². The molecule has 0 spiro atoms. The molecule has 0 aromatic heterocycles. The molecule has 0 aliphatic rings. The number of nitrogens with zero attached hydrogens (tertiary/aromatic N) is 1. The fourth-order valence-corrected chi connectivity index (χ4v) is 3.38. The van der Waals surface area contributed by atoms with Gasteiger partial charge >= 0.3 is 11.9 Å². The van der Waals surface area contributed by atoms with Crippen molar-refractivity contribution < 1.29 is 27.9 Å². The van der Waals surface area contributed by atoms with Gasteiger partial charge in [-0.1, -0.05) is 6.92 Å². The van der Waals surface area contributed by atoms with Gasteiger partial charge in [-0.15, -0.1) is 0 Å². The topological polar surface area (TPSA) is 101 Å². The molecule has 0 aromatic carbocycles. The molecule has 1 N–H and O–H groups in total. The van der Waals surface area contributed by atoms with Crippen LogP contribution in [0.5, 0.6) is 0 Å². The molecule has 1 unspecified atom stereocenters. The van der Waals surface area contributed by atoms with Crippen LogP contribution >= 0.6 is 0 Å². The minimum atomic E-state index is -3.66. The number of sulfonamides is 1. The van der Waals surface area contributed by atoms with E-state index >= 15 is 0 Å². The van der Waals surface area contributed by atoms with Gasteiger partial charge in [-0.3, -0.25) is 9.59 Å². The fourth-order valence-electron chi connectivity index (χ4n) is 1.70. The highest BCUT2D eigenvalue weighted by Crippen LogP contribution is 2.12. The lowest BCUT2D eigenvalue weighted by Gasteiger charge is -2.25. The molecule has 8 heteroatoms. The smallest absolute Gasteiger partial charge is 0.306 e. The standard InChI is InChI=1S/C11H21NO6S/c1-4-12(9(3)8-10(13)14)19(16,17)7-6-11(15)18-5-2/h9H,4-8H2,1-3H3,(H,13,14). The number of ether oxygens (including phenoxy) is 1. The summed E-state index contributed by atoms with van der Waals surface area (Å²) in [6, 6.07) is -0.644. The number of carboxylic acids is 1. The quantitative estimate of drug-likeness (QED) is 0.620. The average Bonchev–Trinajstić information content (AvgIpc) is 2.26. The van der Waals surface area contributed by atoms with Crippen LogP contribution in [0, 0.1) is 0 Å². The summed E-state index contributed by atoms with van der Waals surface area (Å²) in [5.41, 5.74) is 0. The molecular weight excluding hydrogens is 274 g/mol.